The monoisotopic (exact) mass is 761 g/mol. The number of nitrogens with zero attached hydrogens (tertiary/aromatic N) is 2. The molecule has 0 aromatic carbocycles. The Balaban J connectivity index is -0.000000735. The molecule has 0 bridgehead atoms. The van der Waals surface area contributed by atoms with Crippen LogP contribution in [0, 0.1) is 0 Å². The van der Waals surface area contributed by atoms with E-state index in [-0.39, 0.29) is 70.6 Å². The van der Waals surface area contributed by atoms with Crippen LogP contribution in [0.2, 0.25) is 20.1 Å². The third-order valence-corrected chi connectivity index (χ3v) is 7.45. The van der Waals surface area contributed by atoms with Gasteiger partial charge in [-0.15, -0.1) is 0 Å². The molecule has 0 fully saturated rings. The molecule has 1 radical (unpaired) electrons. The first kappa shape index (κ1) is 47.4. The SMILES string of the molecule is CCCCNC(=O)c1[n-]c(C(=O)NCCCC)c(Cl)c1Cl.CCCCNC(=O)c1[n-]c(C(=O)NCCCC)c(Cl)c1Cl.[Co+2].[OH3+].[OH3+]. The maximum absolute atomic E-state index is 11.9. The third kappa shape index (κ3) is 15.4. The van der Waals surface area contributed by atoms with Gasteiger partial charge in [0.25, 0.3) is 0 Å². The molecule has 10 N–H and O–H groups in total. The number of carbonyl (C=O) groups is 4. The van der Waals surface area contributed by atoms with E-state index in [1.165, 1.54) is 0 Å². The Morgan fingerprint density at radius 3 is 0.800 bits per heavy atom. The molecule has 17 heteroatoms. The van der Waals surface area contributed by atoms with Crippen molar-refractivity contribution in [1.29, 1.82) is 0 Å². The number of amides is 4. The standard InChI is InChI=1S/2C14H21Cl2N3O2.Co.2H2O/c2*1-3-5-7-17-13(20)11-9(15)10(16)12(19-11)14(21)18-8-6-4-2;;;/h2*3-8H2,1-2H3,(H3,17,18,19,20,21);;2*1H2/q;;+2;;. The number of hydrogen-bond acceptors (Lipinski definition) is 4. The van der Waals surface area contributed by atoms with Crippen molar-refractivity contribution in [1.82, 2.24) is 31.2 Å². The van der Waals surface area contributed by atoms with E-state index in [0.717, 1.165) is 51.4 Å². The molecule has 0 aliphatic carbocycles. The Morgan fingerprint density at radius 1 is 0.467 bits per heavy atom. The van der Waals surface area contributed by atoms with E-state index in [0.29, 0.717) is 26.2 Å². The fraction of sp³-hybridized carbons (Fsp3) is 0.571. The van der Waals surface area contributed by atoms with Crippen molar-refractivity contribution in [2.75, 3.05) is 26.2 Å². The van der Waals surface area contributed by atoms with Crippen LogP contribution in [0.25, 0.3) is 0 Å². The molecule has 2 aromatic rings. The number of nitrogens with one attached hydrogen (secondary N) is 4. The summed E-state index contributed by atoms with van der Waals surface area (Å²) in [6, 6.07) is 0. The van der Waals surface area contributed by atoms with Crippen LogP contribution in [-0.2, 0) is 27.7 Å². The summed E-state index contributed by atoms with van der Waals surface area (Å²) in [7, 11) is 0. The molecule has 2 rings (SSSR count). The fourth-order valence-electron chi connectivity index (χ4n) is 3.29. The summed E-state index contributed by atoms with van der Waals surface area (Å²) < 4.78 is 0. The van der Waals surface area contributed by atoms with E-state index in [1.54, 1.807) is 0 Å². The second-order valence-electron chi connectivity index (χ2n) is 9.31. The van der Waals surface area contributed by atoms with Gasteiger partial charge in [-0.05, 0) is 48.5 Å². The minimum Gasteiger partial charge on any atom is -0.646 e. The summed E-state index contributed by atoms with van der Waals surface area (Å²) in [5, 5.41) is 10.9. The molecule has 0 aliphatic rings. The average Bonchev–Trinajstić information content (AvgIpc) is 3.44. The predicted octanol–water partition coefficient (Wildman–Crippen LogP) is 4.17. The summed E-state index contributed by atoms with van der Waals surface area (Å²) in [4.78, 5) is 55.7. The molecule has 0 unspecified atom stereocenters. The van der Waals surface area contributed by atoms with Gasteiger partial charge in [0, 0.05) is 46.3 Å². The number of unbranched alkanes of at least 4 members (excludes halogenated alkanes) is 4. The van der Waals surface area contributed by atoms with Crippen molar-refractivity contribution in [3.05, 3.63) is 42.9 Å². The van der Waals surface area contributed by atoms with Crippen LogP contribution in [0.4, 0.5) is 0 Å². The van der Waals surface area contributed by atoms with Crippen molar-refractivity contribution in [2.45, 2.75) is 79.1 Å². The first-order chi connectivity index (χ1) is 20.0. The molecule has 0 aliphatic heterocycles. The van der Waals surface area contributed by atoms with Crippen molar-refractivity contribution in [3.63, 3.8) is 0 Å². The topological polar surface area (TPSA) is 211 Å². The van der Waals surface area contributed by atoms with E-state index in [4.69, 9.17) is 46.4 Å². The maximum atomic E-state index is 11.9. The van der Waals surface area contributed by atoms with Gasteiger partial charge in [-0.25, -0.2) is 0 Å². The Morgan fingerprint density at radius 2 is 0.644 bits per heavy atom. The zero-order valence-corrected chi connectivity index (χ0v) is 30.1. The van der Waals surface area contributed by atoms with E-state index in [9.17, 15) is 19.2 Å². The summed E-state index contributed by atoms with van der Waals surface area (Å²) in [5.74, 6) is -1.66. The van der Waals surface area contributed by atoms with Crippen LogP contribution in [0.3, 0.4) is 0 Å². The Kier molecular flexibility index (Phi) is 27.5. The number of hydrogen-bond donors (Lipinski definition) is 4. The van der Waals surface area contributed by atoms with Gasteiger partial charge >= 0.3 is 16.8 Å². The quantitative estimate of drug-likeness (QED) is 0.146. The molecule has 0 saturated carbocycles. The summed E-state index contributed by atoms with van der Waals surface area (Å²) in [6.45, 7) is 10.2. The molecule has 12 nitrogen and oxygen atoms in total. The molecule has 45 heavy (non-hydrogen) atoms. The van der Waals surface area contributed by atoms with Crippen molar-refractivity contribution < 1.29 is 46.9 Å². The van der Waals surface area contributed by atoms with Crippen LogP contribution in [0.15, 0.2) is 0 Å². The largest absolute Gasteiger partial charge is 2.00 e. The van der Waals surface area contributed by atoms with Gasteiger partial charge in [0.1, 0.15) is 0 Å². The first-order valence-corrected chi connectivity index (χ1v) is 15.7. The van der Waals surface area contributed by atoms with E-state index < -0.39 is 23.6 Å². The molecular formula is C28H46Cl4CoN6O6+2. The molecule has 2 aromatic heterocycles. The smallest absolute Gasteiger partial charge is 0.646 e. The fourth-order valence-corrected chi connectivity index (χ4v) is 4.16. The Hall–Kier alpha value is -1.97. The Bertz CT molecular complexity index is 1020. The zero-order chi connectivity index (χ0) is 31.7. The normalized spacial score (nSPS) is 9.78. The summed E-state index contributed by atoms with van der Waals surface area (Å²) in [6.07, 6.45) is 7.32. The first-order valence-electron chi connectivity index (χ1n) is 14.2. The Labute approximate surface area is 295 Å². The number of halogens is 4. The predicted molar refractivity (Wildman–Crippen MR) is 178 cm³/mol. The van der Waals surface area contributed by atoms with E-state index in [2.05, 4.69) is 31.2 Å². The van der Waals surface area contributed by atoms with Gasteiger partial charge in [0.2, 0.25) is 23.6 Å². The molecule has 0 atom stereocenters. The van der Waals surface area contributed by atoms with Gasteiger partial charge in [-0.3, -0.25) is 19.2 Å². The maximum Gasteiger partial charge on any atom is 2.00 e. The zero-order valence-electron chi connectivity index (χ0n) is 26.0. The van der Waals surface area contributed by atoms with Crippen LogP contribution in [0.5, 0.6) is 0 Å². The second kappa shape index (κ2) is 26.1. The van der Waals surface area contributed by atoms with Crippen molar-refractivity contribution in [2.24, 2.45) is 0 Å². The van der Waals surface area contributed by atoms with E-state index >= 15 is 0 Å². The number of aromatic nitrogens is 2. The summed E-state index contributed by atoms with van der Waals surface area (Å²) >= 11 is 24.0. The molecule has 0 saturated heterocycles. The van der Waals surface area contributed by atoms with Gasteiger partial charge in [-0.2, -0.15) is 0 Å². The van der Waals surface area contributed by atoms with Crippen LogP contribution >= 0.6 is 46.4 Å². The summed E-state index contributed by atoms with van der Waals surface area (Å²) in [5.41, 5.74) is -0.00588. The van der Waals surface area contributed by atoms with Crippen LogP contribution < -0.4 is 31.2 Å². The molecule has 259 valence electrons. The van der Waals surface area contributed by atoms with E-state index in [1.807, 2.05) is 27.7 Å². The van der Waals surface area contributed by atoms with Gasteiger partial charge in [0.05, 0.1) is 0 Å². The second-order valence-corrected chi connectivity index (χ2v) is 10.8. The van der Waals surface area contributed by atoms with Crippen molar-refractivity contribution >= 4 is 70.0 Å². The number of carbonyl (C=O) groups excluding carboxylic acids is 4. The molecule has 4 amide bonds. The minimum atomic E-state index is -0.414. The minimum absolute atomic E-state index is 0. The van der Waals surface area contributed by atoms with Crippen molar-refractivity contribution in [3.8, 4) is 0 Å². The average molecular weight is 763 g/mol. The van der Waals surface area contributed by atoms with Gasteiger partial charge in [0.15, 0.2) is 0 Å². The molecular weight excluding hydrogens is 717 g/mol. The molecule has 0 spiro atoms. The van der Waals surface area contributed by atoms with Gasteiger partial charge < -0.3 is 42.2 Å². The number of rotatable bonds is 16. The van der Waals surface area contributed by atoms with Gasteiger partial charge in [-0.1, -0.05) is 99.8 Å². The van der Waals surface area contributed by atoms with Crippen LogP contribution in [-0.4, -0.2) is 49.8 Å². The third-order valence-electron chi connectivity index (χ3n) is 5.79. The van der Waals surface area contributed by atoms with Crippen LogP contribution in [0.1, 0.15) is 121 Å². The molecule has 2 heterocycles.